The Kier molecular flexibility index (Phi) is 7.63. The van der Waals surface area contributed by atoms with Crippen LogP contribution in [-0.2, 0) is 19.4 Å². The maximum absolute atomic E-state index is 12.3. The molecule has 0 saturated heterocycles. The average Bonchev–Trinajstić information content (AvgIpc) is 2.69. The Morgan fingerprint density at radius 3 is 2.50 bits per heavy atom. The molecule has 0 atom stereocenters. The molecule has 0 radical (unpaired) electrons. The van der Waals surface area contributed by atoms with E-state index in [1.807, 2.05) is 0 Å². The molecular formula is C19H21ClN2O7S. The Labute approximate surface area is 179 Å². The van der Waals surface area contributed by atoms with Gasteiger partial charge in [0.2, 0.25) is 0 Å². The van der Waals surface area contributed by atoms with E-state index in [1.54, 1.807) is 13.8 Å². The number of hydrogen-bond acceptors (Lipinski definition) is 8. The predicted molar refractivity (Wildman–Crippen MR) is 112 cm³/mol. The first-order valence-corrected chi connectivity index (χ1v) is 10.8. The van der Waals surface area contributed by atoms with Gasteiger partial charge in [0, 0.05) is 18.7 Å². The third-order valence-electron chi connectivity index (χ3n) is 4.12. The number of benzene rings is 2. The Balaban J connectivity index is 2.27. The van der Waals surface area contributed by atoms with Crippen LogP contribution in [0, 0.1) is 10.1 Å². The smallest absolute Gasteiger partial charge is 0.307 e. The molecule has 0 amide bonds. The van der Waals surface area contributed by atoms with Gasteiger partial charge < -0.3 is 14.8 Å². The molecule has 162 valence electrons. The third-order valence-corrected chi connectivity index (χ3v) is 6.56. The van der Waals surface area contributed by atoms with Crippen molar-refractivity contribution >= 4 is 38.8 Å². The highest BCUT2D eigenvalue weighted by Gasteiger charge is 2.21. The molecule has 0 aromatic heterocycles. The third kappa shape index (κ3) is 5.61. The van der Waals surface area contributed by atoms with E-state index in [0.717, 1.165) is 0 Å². The highest BCUT2D eigenvalue weighted by molar-refractivity contribution is 7.92. The lowest BCUT2D eigenvalue weighted by Gasteiger charge is -2.13. The Bertz CT molecular complexity index is 1050. The van der Waals surface area contributed by atoms with Crippen molar-refractivity contribution in [1.29, 1.82) is 0 Å². The van der Waals surface area contributed by atoms with Crippen LogP contribution in [0.25, 0.3) is 0 Å². The molecule has 30 heavy (non-hydrogen) atoms. The molecule has 2 rings (SSSR count). The molecular weight excluding hydrogens is 436 g/mol. The van der Waals surface area contributed by atoms with Gasteiger partial charge in [0.1, 0.15) is 17.2 Å². The Morgan fingerprint density at radius 2 is 1.93 bits per heavy atom. The summed E-state index contributed by atoms with van der Waals surface area (Å²) in [4.78, 5) is 22.0. The first-order valence-electron chi connectivity index (χ1n) is 8.86. The number of nitrogens with zero attached hydrogens (tertiary/aromatic N) is 1. The van der Waals surface area contributed by atoms with Crippen LogP contribution in [0.3, 0.4) is 0 Å². The SMILES string of the molecule is COC(=O)CCNc1cc(Oc2ccc(S(=O)(=O)C(C)C)cc2Cl)ccc1[N+](=O)[O-]. The van der Waals surface area contributed by atoms with E-state index in [1.165, 1.54) is 43.5 Å². The van der Waals surface area contributed by atoms with Crippen molar-refractivity contribution in [1.82, 2.24) is 0 Å². The van der Waals surface area contributed by atoms with Crippen molar-refractivity contribution in [3.05, 3.63) is 51.5 Å². The summed E-state index contributed by atoms with van der Waals surface area (Å²) in [6.07, 6.45) is 0.0242. The zero-order chi connectivity index (χ0) is 22.5. The van der Waals surface area contributed by atoms with Crippen molar-refractivity contribution in [2.24, 2.45) is 0 Å². The van der Waals surface area contributed by atoms with Crippen LogP contribution in [0.15, 0.2) is 41.3 Å². The number of carbonyl (C=O) groups excluding carboxylic acids is 1. The average molecular weight is 457 g/mol. The molecule has 0 saturated carbocycles. The first kappa shape index (κ1) is 23.4. The van der Waals surface area contributed by atoms with E-state index in [4.69, 9.17) is 16.3 Å². The van der Waals surface area contributed by atoms with E-state index >= 15 is 0 Å². The van der Waals surface area contributed by atoms with Crippen LogP contribution in [0.4, 0.5) is 11.4 Å². The maximum Gasteiger partial charge on any atom is 0.307 e. The number of ether oxygens (including phenoxy) is 2. The van der Waals surface area contributed by atoms with Crippen LogP contribution in [-0.4, -0.2) is 38.2 Å². The molecule has 0 bridgehead atoms. The monoisotopic (exact) mass is 456 g/mol. The van der Waals surface area contributed by atoms with Crippen molar-refractivity contribution in [2.45, 2.75) is 30.4 Å². The van der Waals surface area contributed by atoms with E-state index in [9.17, 15) is 23.3 Å². The van der Waals surface area contributed by atoms with Gasteiger partial charge in [-0.15, -0.1) is 0 Å². The lowest BCUT2D eigenvalue weighted by Crippen LogP contribution is -2.13. The number of nitro benzene ring substituents is 1. The molecule has 9 nitrogen and oxygen atoms in total. The molecule has 11 heteroatoms. The zero-order valence-electron chi connectivity index (χ0n) is 16.5. The van der Waals surface area contributed by atoms with Gasteiger partial charge in [0.15, 0.2) is 9.84 Å². The van der Waals surface area contributed by atoms with Crippen molar-refractivity contribution in [3.63, 3.8) is 0 Å². The van der Waals surface area contributed by atoms with E-state index in [2.05, 4.69) is 10.1 Å². The molecule has 2 aromatic rings. The molecule has 2 aromatic carbocycles. The topological polar surface area (TPSA) is 125 Å². The highest BCUT2D eigenvalue weighted by atomic mass is 35.5. The van der Waals surface area contributed by atoms with Gasteiger partial charge in [-0.05, 0) is 38.1 Å². The largest absolute Gasteiger partial charge is 0.469 e. The van der Waals surface area contributed by atoms with Crippen LogP contribution in [0.5, 0.6) is 11.5 Å². The number of halogens is 1. The fourth-order valence-corrected chi connectivity index (χ4v) is 3.79. The highest BCUT2D eigenvalue weighted by Crippen LogP contribution is 2.35. The number of rotatable bonds is 9. The van der Waals surface area contributed by atoms with E-state index < -0.39 is 26.0 Å². The Hall–Kier alpha value is -2.85. The molecule has 0 heterocycles. The van der Waals surface area contributed by atoms with Gasteiger partial charge >= 0.3 is 5.97 Å². The lowest BCUT2D eigenvalue weighted by atomic mass is 10.2. The number of hydrogen-bond donors (Lipinski definition) is 1. The molecule has 0 aliphatic carbocycles. The summed E-state index contributed by atoms with van der Waals surface area (Å²) in [5, 5.41) is 13.5. The summed E-state index contributed by atoms with van der Waals surface area (Å²) in [6.45, 7) is 3.26. The zero-order valence-corrected chi connectivity index (χ0v) is 18.1. The van der Waals surface area contributed by atoms with Gasteiger partial charge in [-0.3, -0.25) is 14.9 Å². The summed E-state index contributed by atoms with van der Waals surface area (Å²) in [5.74, 6) is -0.0305. The molecule has 0 aliphatic rings. The normalized spacial score (nSPS) is 11.2. The second-order valence-electron chi connectivity index (χ2n) is 6.48. The number of nitrogens with one attached hydrogen (secondary N) is 1. The number of anilines is 1. The van der Waals surface area contributed by atoms with Crippen LogP contribution < -0.4 is 10.1 Å². The van der Waals surface area contributed by atoms with Gasteiger partial charge in [0.25, 0.3) is 5.69 Å². The van der Waals surface area contributed by atoms with Crippen molar-refractivity contribution in [2.75, 3.05) is 19.0 Å². The van der Waals surface area contributed by atoms with Gasteiger partial charge in [-0.25, -0.2) is 8.42 Å². The predicted octanol–water partition coefficient (Wildman–Crippen LogP) is 4.20. The number of esters is 1. The van der Waals surface area contributed by atoms with Gasteiger partial charge in [-0.2, -0.15) is 0 Å². The summed E-state index contributed by atoms with van der Waals surface area (Å²) in [7, 11) is -2.24. The number of sulfone groups is 1. The van der Waals surface area contributed by atoms with Crippen LogP contribution in [0.1, 0.15) is 20.3 Å². The first-order chi connectivity index (χ1) is 14.1. The maximum atomic E-state index is 12.3. The minimum absolute atomic E-state index is 0.0242. The van der Waals surface area contributed by atoms with Crippen LogP contribution >= 0.6 is 11.6 Å². The number of methoxy groups -OCH3 is 1. The van der Waals surface area contributed by atoms with Gasteiger partial charge in [0.05, 0.1) is 33.6 Å². The fraction of sp³-hybridized carbons (Fsp3) is 0.316. The second kappa shape index (κ2) is 9.77. The van der Waals surface area contributed by atoms with Gasteiger partial charge in [-0.1, -0.05) is 11.6 Å². The molecule has 0 unspecified atom stereocenters. The Morgan fingerprint density at radius 1 is 1.23 bits per heavy atom. The van der Waals surface area contributed by atoms with Crippen molar-refractivity contribution < 1.29 is 27.6 Å². The molecule has 0 aliphatic heterocycles. The second-order valence-corrected chi connectivity index (χ2v) is 9.39. The number of carbonyl (C=O) groups is 1. The summed E-state index contributed by atoms with van der Waals surface area (Å²) >= 11 is 6.18. The number of nitro groups is 1. The standard InChI is InChI=1S/C19H21ClN2O7S/c1-12(2)30(26,27)14-5-7-18(15(20)11-14)29-13-4-6-17(22(24)25)16(10-13)21-9-8-19(23)28-3/h4-7,10-12,21H,8-9H2,1-3H3. The fourth-order valence-electron chi connectivity index (χ4n) is 2.42. The molecule has 1 N–H and O–H groups in total. The van der Waals surface area contributed by atoms with Crippen LogP contribution in [0.2, 0.25) is 5.02 Å². The van der Waals surface area contributed by atoms with E-state index in [-0.39, 0.29) is 45.8 Å². The summed E-state index contributed by atoms with van der Waals surface area (Å²) < 4.78 is 34.7. The summed E-state index contributed by atoms with van der Waals surface area (Å²) in [5.41, 5.74) is -0.0479. The molecule has 0 spiro atoms. The quantitative estimate of drug-likeness (QED) is 0.338. The minimum Gasteiger partial charge on any atom is -0.469 e. The van der Waals surface area contributed by atoms with E-state index in [0.29, 0.717) is 0 Å². The lowest BCUT2D eigenvalue weighted by molar-refractivity contribution is -0.384. The minimum atomic E-state index is -3.49. The molecule has 0 fully saturated rings. The summed E-state index contributed by atoms with van der Waals surface area (Å²) in [6, 6.07) is 8.14. The van der Waals surface area contributed by atoms with Crippen molar-refractivity contribution in [3.8, 4) is 11.5 Å².